The molecule has 0 amide bonds. The first-order valence-corrected chi connectivity index (χ1v) is 7.87. The Morgan fingerprint density at radius 1 is 1.26 bits per heavy atom. The van der Waals surface area contributed by atoms with E-state index in [2.05, 4.69) is 33.8 Å². The van der Waals surface area contributed by atoms with Gasteiger partial charge in [-0.3, -0.25) is 0 Å². The molecule has 0 heterocycles. The van der Waals surface area contributed by atoms with Crippen LogP contribution >= 0.6 is 0 Å². The summed E-state index contributed by atoms with van der Waals surface area (Å²) in [5.74, 6) is 0. The van der Waals surface area contributed by atoms with Gasteiger partial charge in [0, 0.05) is 5.41 Å². The predicted molar refractivity (Wildman–Crippen MR) is 79.1 cm³/mol. The van der Waals surface area contributed by atoms with E-state index in [1.165, 1.54) is 12.8 Å². The highest BCUT2D eigenvalue weighted by atomic mass is 16.5. The van der Waals surface area contributed by atoms with Crippen molar-refractivity contribution < 1.29 is 9.84 Å². The van der Waals surface area contributed by atoms with Crippen molar-refractivity contribution in [2.45, 2.75) is 90.4 Å². The fraction of sp³-hybridized carbons (Fsp3) is 0.882. The van der Waals surface area contributed by atoms with Crippen LogP contribution in [0.4, 0.5) is 0 Å². The number of hydrogen-bond acceptors (Lipinski definition) is 2. The average Bonchev–Trinajstić information content (AvgIpc) is 2.28. The van der Waals surface area contributed by atoms with Crippen LogP contribution in [0.2, 0.25) is 0 Å². The van der Waals surface area contributed by atoms with Crippen LogP contribution in [-0.4, -0.2) is 22.9 Å². The zero-order chi connectivity index (χ0) is 14.1. The third-order valence-electron chi connectivity index (χ3n) is 4.74. The van der Waals surface area contributed by atoms with Gasteiger partial charge < -0.3 is 9.84 Å². The minimum Gasteiger partial charge on any atom is -0.393 e. The molecule has 0 aliphatic heterocycles. The maximum absolute atomic E-state index is 9.97. The van der Waals surface area contributed by atoms with Crippen molar-refractivity contribution in [3.05, 3.63) is 11.6 Å². The van der Waals surface area contributed by atoms with Crippen molar-refractivity contribution in [1.82, 2.24) is 0 Å². The standard InChI is InChI=1S/C17H30O2/c1-16(2,3)19-15-10-6-8-13-7-5-9-14(18)11-12-17(13,15)4/h7,14-15,18H,5-6,8-12H2,1-4H3/b13-7-/t14?,15-,17-/m0/s1. The lowest BCUT2D eigenvalue weighted by Gasteiger charge is -2.47. The summed E-state index contributed by atoms with van der Waals surface area (Å²) >= 11 is 0. The molecule has 2 heteroatoms. The zero-order valence-electron chi connectivity index (χ0n) is 13.0. The van der Waals surface area contributed by atoms with Gasteiger partial charge in [-0.25, -0.2) is 0 Å². The van der Waals surface area contributed by atoms with Gasteiger partial charge in [-0.05, 0) is 65.7 Å². The summed E-state index contributed by atoms with van der Waals surface area (Å²) in [7, 11) is 0. The summed E-state index contributed by atoms with van der Waals surface area (Å²) < 4.78 is 6.36. The fourth-order valence-corrected chi connectivity index (χ4v) is 3.62. The molecule has 2 aliphatic carbocycles. The molecule has 0 aromatic heterocycles. The molecule has 19 heavy (non-hydrogen) atoms. The highest BCUT2D eigenvalue weighted by Crippen LogP contribution is 2.48. The van der Waals surface area contributed by atoms with Crippen LogP contribution in [0, 0.1) is 5.41 Å². The van der Waals surface area contributed by atoms with Gasteiger partial charge in [-0.2, -0.15) is 0 Å². The van der Waals surface area contributed by atoms with Crippen LogP contribution in [0.3, 0.4) is 0 Å². The van der Waals surface area contributed by atoms with E-state index in [9.17, 15) is 5.11 Å². The number of rotatable bonds is 1. The maximum Gasteiger partial charge on any atom is 0.0672 e. The summed E-state index contributed by atoms with van der Waals surface area (Å²) in [5, 5.41) is 9.97. The smallest absolute Gasteiger partial charge is 0.0672 e. The van der Waals surface area contributed by atoms with Crippen LogP contribution in [0.25, 0.3) is 0 Å². The van der Waals surface area contributed by atoms with Crippen molar-refractivity contribution >= 4 is 0 Å². The Balaban J connectivity index is 2.22. The molecule has 2 rings (SSSR count). The highest BCUT2D eigenvalue weighted by molar-refractivity contribution is 5.20. The largest absolute Gasteiger partial charge is 0.393 e. The number of ether oxygens (including phenoxy) is 1. The van der Waals surface area contributed by atoms with E-state index in [4.69, 9.17) is 4.74 Å². The van der Waals surface area contributed by atoms with Gasteiger partial charge in [0.05, 0.1) is 17.8 Å². The van der Waals surface area contributed by atoms with E-state index >= 15 is 0 Å². The van der Waals surface area contributed by atoms with Crippen LogP contribution < -0.4 is 0 Å². The van der Waals surface area contributed by atoms with Crippen LogP contribution in [0.1, 0.15) is 72.6 Å². The van der Waals surface area contributed by atoms with E-state index in [0.29, 0.717) is 6.10 Å². The number of allylic oxidation sites excluding steroid dienone is 1. The van der Waals surface area contributed by atoms with Crippen LogP contribution in [0.5, 0.6) is 0 Å². The first-order valence-electron chi connectivity index (χ1n) is 7.87. The molecule has 1 fully saturated rings. The van der Waals surface area contributed by atoms with E-state index in [-0.39, 0.29) is 17.1 Å². The average molecular weight is 266 g/mol. The van der Waals surface area contributed by atoms with Crippen LogP contribution in [0.15, 0.2) is 11.6 Å². The molecule has 0 bridgehead atoms. The number of aliphatic hydroxyl groups excluding tert-OH is 1. The van der Waals surface area contributed by atoms with Gasteiger partial charge in [0.25, 0.3) is 0 Å². The molecular weight excluding hydrogens is 236 g/mol. The van der Waals surface area contributed by atoms with Crippen molar-refractivity contribution in [2.24, 2.45) is 5.41 Å². The SMILES string of the molecule is CC(C)(C)O[C@H]1CCC/C2=C/CCC(O)CC[C@@]21C. The van der Waals surface area contributed by atoms with Gasteiger partial charge in [0.2, 0.25) is 0 Å². The summed E-state index contributed by atoms with van der Waals surface area (Å²) in [4.78, 5) is 0. The second kappa shape index (κ2) is 5.57. The molecule has 0 radical (unpaired) electrons. The van der Waals surface area contributed by atoms with E-state index in [1.54, 1.807) is 5.57 Å². The monoisotopic (exact) mass is 266 g/mol. The van der Waals surface area contributed by atoms with Crippen molar-refractivity contribution in [3.8, 4) is 0 Å². The Kier molecular flexibility index (Phi) is 4.42. The molecule has 0 aromatic carbocycles. The minimum absolute atomic E-state index is 0.0862. The Morgan fingerprint density at radius 3 is 2.68 bits per heavy atom. The Morgan fingerprint density at radius 2 is 2.00 bits per heavy atom. The molecule has 0 spiro atoms. The second-order valence-electron chi connectivity index (χ2n) is 7.53. The molecule has 1 saturated carbocycles. The lowest BCUT2D eigenvalue weighted by Crippen LogP contribution is -2.44. The first-order chi connectivity index (χ1) is 8.81. The molecule has 2 aliphatic rings. The summed E-state index contributed by atoms with van der Waals surface area (Å²) in [5.41, 5.74) is 1.63. The Bertz CT molecular complexity index is 340. The van der Waals surface area contributed by atoms with Gasteiger partial charge in [0.1, 0.15) is 0 Å². The summed E-state index contributed by atoms with van der Waals surface area (Å²) in [6, 6.07) is 0. The van der Waals surface area contributed by atoms with Gasteiger partial charge in [-0.1, -0.05) is 18.6 Å². The van der Waals surface area contributed by atoms with Gasteiger partial charge in [0.15, 0.2) is 0 Å². The molecule has 1 N–H and O–H groups in total. The van der Waals surface area contributed by atoms with Crippen molar-refractivity contribution in [1.29, 1.82) is 0 Å². The molecule has 3 atom stereocenters. The quantitative estimate of drug-likeness (QED) is 0.720. The second-order valence-corrected chi connectivity index (χ2v) is 7.53. The summed E-state index contributed by atoms with van der Waals surface area (Å²) in [6.45, 7) is 8.79. The third kappa shape index (κ3) is 3.61. The molecule has 0 aromatic rings. The topological polar surface area (TPSA) is 29.5 Å². The Hall–Kier alpha value is -0.340. The maximum atomic E-state index is 9.97. The highest BCUT2D eigenvalue weighted by Gasteiger charge is 2.42. The lowest BCUT2D eigenvalue weighted by molar-refractivity contribution is -0.119. The normalized spacial score (nSPS) is 39.7. The molecule has 0 saturated heterocycles. The lowest BCUT2D eigenvalue weighted by atomic mass is 9.65. The molecular formula is C17H30O2. The van der Waals surface area contributed by atoms with E-state index < -0.39 is 0 Å². The Labute approximate surface area is 118 Å². The van der Waals surface area contributed by atoms with Crippen molar-refractivity contribution in [3.63, 3.8) is 0 Å². The van der Waals surface area contributed by atoms with E-state index in [0.717, 1.165) is 32.1 Å². The molecule has 110 valence electrons. The van der Waals surface area contributed by atoms with E-state index in [1.807, 2.05) is 0 Å². The van der Waals surface area contributed by atoms with Gasteiger partial charge in [-0.15, -0.1) is 0 Å². The number of aliphatic hydroxyl groups is 1. The van der Waals surface area contributed by atoms with Gasteiger partial charge >= 0.3 is 0 Å². The number of fused-ring (bicyclic) bond motifs is 1. The predicted octanol–water partition coefficient (Wildman–Crippen LogP) is 4.22. The van der Waals surface area contributed by atoms with Crippen molar-refractivity contribution in [2.75, 3.05) is 0 Å². The van der Waals surface area contributed by atoms with Crippen LogP contribution in [-0.2, 0) is 4.74 Å². The molecule has 1 unspecified atom stereocenters. The fourth-order valence-electron chi connectivity index (χ4n) is 3.62. The first kappa shape index (κ1) is 15.1. The number of hydrogen-bond donors (Lipinski definition) is 1. The molecule has 2 nitrogen and oxygen atoms in total. The minimum atomic E-state index is -0.133. The third-order valence-corrected chi connectivity index (χ3v) is 4.74. The zero-order valence-corrected chi connectivity index (χ0v) is 13.0. The summed E-state index contributed by atoms with van der Waals surface area (Å²) in [6.07, 6.45) is 10.1.